The van der Waals surface area contributed by atoms with Gasteiger partial charge in [0.15, 0.2) is 0 Å². The topological polar surface area (TPSA) is 41.6 Å². The lowest BCUT2D eigenvalue weighted by atomic mass is 10.0. The van der Waals surface area contributed by atoms with Gasteiger partial charge in [0.1, 0.15) is 0 Å². The van der Waals surface area contributed by atoms with E-state index >= 15 is 0 Å². The Morgan fingerprint density at radius 3 is 2.80 bits per heavy atom. The van der Waals surface area contributed by atoms with Crippen molar-refractivity contribution in [3.05, 3.63) is 0 Å². The molecule has 1 rings (SSSR count). The van der Waals surface area contributed by atoms with Gasteiger partial charge in [0.25, 0.3) is 0 Å². The Hall–Kier alpha value is -0.610. The maximum Gasteiger partial charge on any atom is 0.242 e. The van der Waals surface area contributed by atoms with Crippen molar-refractivity contribution in [1.29, 1.82) is 0 Å². The van der Waals surface area contributed by atoms with Gasteiger partial charge in [-0.3, -0.25) is 4.79 Å². The highest BCUT2D eigenvalue weighted by Gasteiger charge is 2.32. The first kappa shape index (κ1) is 12.5. The second kappa shape index (κ2) is 4.94. The van der Waals surface area contributed by atoms with Crippen LogP contribution < -0.4 is 5.32 Å². The van der Waals surface area contributed by atoms with E-state index in [9.17, 15) is 4.79 Å². The molecule has 1 saturated heterocycles. The number of amides is 1. The van der Waals surface area contributed by atoms with E-state index in [0.29, 0.717) is 13.2 Å². The van der Waals surface area contributed by atoms with Crippen LogP contribution in [0.5, 0.6) is 0 Å². The van der Waals surface area contributed by atoms with Crippen molar-refractivity contribution in [2.45, 2.75) is 38.8 Å². The summed E-state index contributed by atoms with van der Waals surface area (Å²) < 4.78 is 5.54. The smallest absolute Gasteiger partial charge is 0.242 e. The molecule has 1 atom stereocenters. The summed E-state index contributed by atoms with van der Waals surface area (Å²) in [6.45, 7) is 7.99. The van der Waals surface area contributed by atoms with Crippen LogP contribution in [0, 0.1) is 0 Å². The van der Waals surface area contributed by atoms with Crippen LogP contribution in [0.2, 0.25) is 0 Å². The maximum atomic E-state index is 12.1. The molecule has 0 saturated carbocycles. The highest BCUT2D eigenvalue weighted by atomic mass is 16.5. The van der Waals surface area contributed by atoms with Gasteiger partial charge in [-0.15, -0.1) is 0 Å². The predicted octanol–water partition coefficient (Wildman–Crippen LogP) is 0.622. The highest BCUT2D eigenvalue weighted by molar-refractivity contribution is 5.85. The Balaban J connectivity index is 2.60. The Labute approximate surface area is 92.0 Å². The number of carbonyl (C=O) groups is 1. The zero-order valence-corrected chi connectivity index (χ0v) is 10.2. The molecule has 1 amide bonds. The number of hydrogen-bond donors (Lipinski definition) is 1. The highest BCUT2D eigenvalue weighted by Crippen LogP contribution is 2.13. The van der Waals surface area contributed by atoms with E-state index < -0.39 is 5.54 Å². The number of ether oxygens (including phenoxy) is 1. The molecule has 0 bridgehead atoms. The van der Waals surface area contributed by atoms with Crippen LogP contribution in [0.25, 0.3) is 0 Å². The second-order valence-corrected chi connectivity index (χ2v) is 4.53. The van der Waals surface area contributed by atoms with E-state index in [1.807, 2.05) is 25.8 Å². The lowest BCUT2D eigenvalue weighted by Crippen LogP contribution is -2.56. The first-order valence-corrected chi connectivity index (χ1v) is 5.61. The molecule has 88 valence electrons. The molecular formula is C11H22N2O2. The molecule has 0 aromatic heterocycles. The molecular weight excluding hydrogens is 192 g/mol. The first-order valence-electron chi connectivity index (χ1n) is 5.61. The second-order valence-electron chi connectivity index (χ2n) is 4.53. The Morgan fingerprint density at radius 1 is 1.60 bits per heavy atom. The molecule has 0 aromatic carbocycles. The summed E-state index contributed by atoms with van der Waals surface area (Å²) in [5.74, 6) is 0.159. The van der Waals surface area contributed by atoms with Gasteiger partial charge in [-0.05, 0) is 27.3 Å². The number of morpholine rings is 1. The summed E-state index contributed by atoms with van der Waals surface area (Å²) in [6.07, 6.45) is 1.17. The van der Waals surface area contributed by atoms with Crippen molar-refractivity contribution in [3.8, 4) is 0 Å². The van der Waals surface area contributed by atoms with Gasteiger partial charge in [0.2, 0.25) is 5.91 Å². The summed E-state index contributed by atoms with van der Waals surface area (Å²) in [5, 5.41) is 3.04. The van der Waals surface area contributed by atoms with Gasteiger partial charge in [-0.1, -0.05) is 6.92 Å². The van der Waals surface area contributed by atoms with E-state index in [2.05, 4.69) is 12.2 Å². The van der Waals surface area contributed by atoms with Gasteiger partial charge < -0.3 is 15.0 Å². The van der Waals surface area contributed by atoms with Crippen molar-refractivity contribution >= 4 is 5.91 Å². The molecule has 1 N–H and O–H groups in total. The normalized spacial score (nSPS) is 22.9. The van der Waals surface area contributed by atoms with Gasteiger partial charge in [-0.25, -0.2) is 0 Å². The van der Waals surface area contributed by atoms with Crippen LogP contribution in [0.3, 0.4) is 0 Å². The molecule has 0 aromatic rings. The predicted molar refractivity (Wildman–Crippen MR) is 59.7 cm³/mol. The number of carbonyl (C=O) groups excluding carboxylic acids is 1. The lowest BCUT2D eigenvalue weighted by molar-refractivity contribution is -0.144. The van der Waals surface area contributed by atoms with E-state index in [1.165, 1.54) is 0 Å². The quantitative estimate of drug-likeness (QED) is 0.749. The number of nitrogens with zero attached hydrogens (tertiary/aromatic N) is 1. The fourth-order valence-corrected chi connectivity index (χ4v) is 1.65. The van der Waals surface area contributed by atoms with E-state index in [4.69, 9.17) is 4.74 Å². The first-order chi connectivity index (χ1) is 7.01. The van der Waals surface area contributed by atoms with Crippen LogP contribution in [0.4, 0.5) is 0 Å². The number of nitrogens with one attached hydrogen (secondary N) is 1. The van der Waals surface area contributed by atoms with Crippen molar-refractivity contribution in [2.75, 3.05) is 26.7 Å². The summed E-state index contributed by atoms with van der Waals surface area (Å²) in [4.78, 5) is 14.0. The standard InChI is InChI=1S/C11H22N2O2/c1-5-9-8-13(6-7-15-9)10(14)11(2,3)12-4/h9,12H,5-8H2,1-4H3. The van der Waals surface area contributed by atoms with Crippen LogP contribution in [0.1, 0.15) is 27.2 Å². The van der Waals surface area contributed by atoms with Crippen LogP contribution >= 0.6 is 0 Å². The molecule has 4 nitrogen and oxygen atoms in total. The van der Waals surface area contributed by atoms with Crippen molar-refractivity contribution in [3.63, 3.8) is 0 Å². The third kappa shape index (κ3) is 2.92. The number of rotatable bonds is 3. The van der Waals surface area contributed by atoms with Crippen LogP contribution in [-0.4, -0.2) is 49.2 Å². The number of likely N-dealkylation sites (N-methyl/N-ethyl adjacent to an activating group) is 1. The van der Waals surface area contributed by atoms with E-state index in [-0.39, 0.29) is 12.0 Å². The van der Waals surface area contributed by atoms with Crippen molar-refractivity contribution in [1.82, 2.24) is 10.2 Å². The largest absolute Gasteiger partial charge is 0.375 e. The minimum Gasteiger partial charge on any atom is -0.375 e. The number of hydrogen-bond acceptors (Lipinski definition) is 3. The Morgan fingerprint density at radius 2 is 2.27 bits per heavy atom. The Bertz CT molecular complexity index is 229. The fraction of sp³-hybridized carbons (Fsp3) is 0.909. The molecule has 1 unspecified atom stereocenters. The molecule has 1 aliphatic heterocycles. The zero-order valence-electron chi connectivity index (χ0n) is 10.2. The minimum absolute atomic E-state index is 0.159. The van der Waals surface area contributed by atoms with Gasteiger partial charge >= 0.3 is 0 Å². The van der Waals surface area contributed by atoms with E-state index in [0.717, 1.165) is 13.0 Å². The summed E-state index contributed by atoms with van der Waals surface area (Å²) in [7, 11) is 1.82. The maximum absolute atomic E-state index is 12.1. The molecule has 4 heteroatoms. The van der Waals surface area contributed by atoms with Crippen LogP contribution in [0.15, 0.2) is 0 Å². The average molecular weight is 214 g/mol. The van der Waals surface area contributed by atoms with Gasteiger partial charge in [-0.2, -0.15) is 0 Å². The third-order valence-electron chi connectivity index (χ3n) is 3.04. The summed E-state index contributed by atoms with van der Waals surface area (Å²) >= 11 is 0. The summed E-state index contributed by atoms with van der Waals surface area (Å²) in [6, 6.07) is 0. The molecule has 1 heterocycles. The molecule has 15 heavy (non-hydrogen) atoms. The molecule has 0 radical (unpaired) electrons. The molecule has 1 fully saturated rings. The van der Waals surface area contributed by atoms with Gasteiger partial charge in [0.05, 0.1) is 18.2 Å². The van der Waals surface area contributed by atoms with Crippen LogP contribution in [-0.2, 0) is 9.53 Å². The monoisotopic (exact) mass is 214 g/mol. The molecule has 0 spiro atoms. The zero-order chi connectivity index (χ0) is 11.5. The average Bonchev–Trinajstić information content (AvgIpc) is 2.28. The Kier molecular flexibility index (Phi) is 4.11. The molecule has 0 aliphatic carbocycles. The van der Waals surface area contributed by atoms with Crippen molar-refractivity contribution < 1.29 is 9.53 Å². The summed E-state index contributed by atoms with van der Waals surface area (Å²) in [5.41, 5.74) is -0.477. The van der Waals surface area contributed by atoms with E-state index in [1.54, 1.807) is 0 Å². The third-order valence-corrected chi connectivity index (χ3v) is 3.04. The van der Waals surface area contributed by atoms with Crippen molar-refractivity contribution in [2.24, 2.45) is 0 Å². The van der Waals surface area contributed by atoms with Gasteiger partial charge in [0, 0.05) is 13.1 Å². The molecule has 1 aliphatic rings. The lowest BCUT2D eigenvalue weighted by Gasteiger charge is -2.37. The fourth-order valence-electron chi connectivity index (χ4n) is 1.65. The SMILES string of the molecule is CCC1CN(C(=O)C(C)(C)NC)CCO1. The minimum atomic E-state index is -0.477.